The maximum atomic E-state index is 12.6. The van der Waals surface area contributed by atoms with Crippen molar-refractivity contribution in [2.24, 2.45) is 11.3 Å². The van der Waals surface area contributed by atoms with Gasteiger partial charge in [0.2, 0.25) is 0 Å². The Morgan fingerprint density at radius 2 is 2.29 bits per heavy atom. The van der Waals surface area contributed by atoms with E-state index in [4.69, 9.17) is 0 Å². The summed E-state index contributed by atoms with van der Waals surface area (Å²) in [6.07, 6.45) is -3.62. The number of allylic oxidation sites excluding steroid dienone is 1. The van der Waals surface area contributed by atoms with E-state index in [1.54, 1.807) is 0 Å². The SMILES string of the molecule is C=CC1CC1(C(=O)OCC)C(F)(F)F. The Morgan fingerprint density at radius 3 is 2.57 bits per heavy atom. The number of rotatable bonds is 3. The van der Waals surface area contributed by atoms with Crippen molar-refractivity contribution in [3.63, 3.8) is 0 Å². The fourth-order valence-electron chi connectivity index (χ4n) is 1.51. The molecule has 0 aromatic carbocycles. The average Bonchev–Trinajstić information content (AvgIpc) is 2.78. The molecule has 0 aromatic rings. The molecule has 0 amide bonds. The summed E-state index contributed by atoms with van der Waals surface area (Å²) >= 11 is 0. The fraction of sp³-hybridized carbons (Fsp3) is 0.667. The van der Waals surface area contributed by atoms with Crippen molar-refractivity contribution >= 4 is 5.97 Å². The predicted octanol–water partition coefficient (Wildman–Crippen LogP) is 2.30. The molecule has 0 aromatic heterocycles. The van der Waals surface area contributed by atoms with Crippen molar-refractivity contribution in [2.75, 3.05) is 6.61 Å². The molecule has 2 unspecified atom stereocenters. The molecule has 1 aliphatic rings. The minimum absolute atomic E-state index is 0.0411. The largest absolute Gasteiger partial charge is 0.465 e. The zero-order valence-electron chi connectivity index (χ0n) is 7.73. The van der Waals surface area contributed by atoms with Crippen LogP contribution in [0, 0.1) is 11.3 Å². The third-order valence-corrected chi connectivity index (χ3v) is 2.44. The summed E-state index contributed by atoms with van der Waals surface area (Å²) in [4.78, 5) is 11.2. The number of halogens is 3. The van der Waals surface area contributed by atoms with E-state index in [1.807, 2.05) is 0 Å². The number of hydrogen-bond acceptors (Lipinski definition) is 2. The van der Waals surface area contributed by atoms with Gasteiger partial charge in [0.15, 0.2) is 5.41 Å². The molecule has 14 heavy (non-hydrogen) atoms. The highest BCUT2D eigenvalue weighted by atomic mass is 19.4. The van der Waals surface area contributed by atoms with Crippen molar-refractivity contribution in [2.45, 2.75) is 19.5 Å². The van der Waals surface area contributed by atoms with E-state index in [2.05, 4.69) is 11.3 Å². The third kappa shape index (κ3) is 1.40. The van der Waals surface area contributed by atoms with Crippen molar-refractivity contribution in [3.05, 3.63) is 12.7 Å². The first kappa shape index (κ1) is 11.1. The van der Waals surface area contributed by atoms with Gasteiger partial charge in [0.25, 0.3) is 0 Å². The zero-order chi connectivity index (χ0) is 11.0. The molecule has 5 heteroatoms. The highest BCUT2D eigenvalue weighted by Gasteiger charge is 2.75. The van der Waals surface area contributed by atoms with Gasteiger partial charge in [-0.25, -0.2) is 0 Å². The highest BCUT2D eigenvalue weighted by Crippen LogP contribution is 2.63. The number of carbonyl (C=O) groups is 1. The standard InChI is InChI=1S/C9H11F3O2/c1-3-6-5-8(6,9(10,11)12)7(13)14-4-2/h3,6H,1,4-5H2,2H3. The first-order valence-corrected chi connectivity index (χ1v) is 4.26. The van der Waals surface area contributed by atoms with Gasteiger partial charge in [-0.05, 0) is 13.3 Å². The topological polar surface area (TPSA) is 26.3 Å². The maximum absolute atomic E-state index is 12.6. The molecule has 0 spiro atoms. The molecule has 0 radical (unpaired) electrons. The Morgan fingerprint density at radius 1 is 1.71 bits per heavy atom. The summed E-state index contributed by atoms with van der Waals surface area (Å²) in [7, 11) is 0. The number of carbonyl (C=O) groups excluding carboxylic acids is 1. The third-order valence-electron chi connectivity index (χ3n) is 2.44. The lowest BCUT2D eigenvalue weighted by Crippen LogP contribution is -2.36. The van der Waals surface area contributed by atoms with Crippen LogP contribution in [0.5, 0.6) is 0 Å². The smallest absolute Gasteiger partial charge is 0.405 e. The summed E-state index contributed by atoms with van der Waals surface area (Å²) in [6, 6.07) is 0. The molecule has 0 saturated heterocycles. The summed E-state index contributed by atoms with van der Waals surface area (Å²) in [5, 5.41) is 0. The summed E-state index contributed by atoms with van der Waals surface area (Å²) < 4.78 is 42.1. The van der Waals surface area contributed by atoms with Crippen molar-refractivity contribution < 1.29 is 22.7 Å². The van der Waals surface area contributed by atoms with Crippen LogP contribution < -0.4 is 0 Å². The van der Waals surface area contributed by atoms with E-state index in [0.29, 0.717) is 0 Å². The average molecular weight is 208 g/mol. The lowest BCUT2D eigenvalue weighted by molar-refractivity contribution is -0.208. The molecule has 0 heterocycles. The number of esters is 1. The Labute approximate surface area is 79.7 Å². The fourth-order valence-corrected chi connectivity index (χ4v) is 1.51. The van der Waals surface area contributed by atoms with Crippen molar-refractivity contribution in [1.82, 2.24) is 0 Å². The summed E-state index contributed by atoms with van der Waals surface area (Å²) in [5.41, 5.74) is -2.31. The first-order valence-electron chi connectivity index (χ1n) is 4.26. The van der Waals surface area contributed by atoms with Crippen molar-refractivity contribution in [3.8, 4) is 0 Å². The number of hydrogen-bond donors (Lipinski definition) is 0. The van der Waals surface area contributed by atoms with E-state index >= 15 is 0 Å². The second-order valence-electron chi connectivity index (χ2n) is 3.24. The minimum atomic E-state index is -4.54. The highest BCUT2D eigenvalue weighted by molar-refractivity contribution is 5.82. The molecule has 0 bridgehead atoms. The lowest BCUT2D eigenvalue weighted by atomic mass is 10.0. The van der Waals surface area contributed by atoms with Gasteiger partial charge >= 0.3 is 12.1 Å². The second kappa shape index (κ2) is 3.29. The molecule has 1 saturated carbocycles. The van der Waals surface area contributed by atoms with Gasteiger partial charge in [0.1, 0.15) is 0 Å². The van der Waals surface area contributed by atoms with E-state index in [0.717, 1.165) is 6.08 Å². The lowest BCUT2D eigenvalue weighted by Gasteiger charge is -2.18. The van der Waals surface area contributed by atoms with E-state index in [-0.39, 0.29) is 13.0 Å². The maximum Gasteiger partial charge on any atom is 0.405 e. The predicted molar refractivity (Wildman–Crippen MR) is 43.4 cm³/mol. The van der Waals surface area contributed by atoms with Crippen LogP contribution in [0.4, 0.5) is 13.2 Å². The van der Waals surface area contributed by atoms with Crippen LogP contribution in [0.1, 0.15) is 13.3 Å². The normalized spacial score (nSPS) is 31.0. The van der Waals surface area contributed by atoms with Gasteiger partial charge in [-0.3, -0.25) is 4.79 Å². The van der Waals surface area contributed by atoms with E-state index < -0.39 is 23.5 Å². The molecule has 80 valence electrons. The second-order valence-corrected chi connectivity index (χ2v) is 3.24. The molecule has 2 atom stereocenters. The summed E-state index contributed by atoms with van der Waals surface area (Å²) in [6.45, 7) is 4.70. The van der Waals surface area contributed by atoms with Crippen LogP contribution in [0.2, 0.25) is 0 Å². The first-order chi connectivity index (χ1) is 6.40. The van der Waals surface area contributed by atoms with E-state index in [1.165, 1.54) is 6.92 Å². The van der Waals surface area contributed by atoms with Gasteiger partial charge in [-0.15, -0.1) is 6.58 Å². The molecule has 1 aliphatic carbocycles. The van der Waals surface area contributed by atoms with Gasteiger partial charge in [0.05, 0.1) is 6.61 Å². The Balaban J connectivity index is 2.87. The van der Waals surface area contributed by atoms with Crippen LogP contribution in [0.15, 0.2) is 12.7 Å². The van der Waals surface area contributed by atoms with Crippen LogP contribution in [0.25, 0.3) is 0 Å². The monoisotopic (exact) mass is 208 g/mol. The molecule has 0 aliphatic heterocycles. The van der Waals surface area contributed by atoms with Crippen LogP contribution in [0.3, 0.4) is 0 Å². The van der Waals surface area contributed by atoms with Crippen LogP contribution in [-0.2, 0) is 9.53 Å². The van der Waals surface area contributed by atoms with Gasteiger partial charge in [-0.2, -0.15) is 13.2 Å². The Hall–Kier alpha value is -1.00. The Kier molecular flexibility index (Phi) is 2.61. The van der Waals surface area contributed by atoms with E-state index in [9.17, 15) is 18.0 Å². The van der Waals surface area contributed by atoms with Crippen molar-refractivity contribution in [1.29, 1.82) is 0 Å². The summed E-state index contributed by atoms with van der Waals surface area (Å²) in [5.74, 6) is -2.01. The van der Waals surface area contributed by atoms with Crippen LogP contribution >= 0.6 is 0 Å². The van der Waals surface area contributed by atoms with Gasteiger partial charge in [0, 0.05) is 5.92 Å². The number of ether oxygens (including phenoxy) is 1. The molecule has 1 rings (SSSR count). The molecular weight excluding hydrogens is 197 g/mol. The quantitative estimate of drug-likeness (QED) is 0.525. The van der Waals surface area contributed by atoms with Gasteiger partial charge < -0.3 is 4.74 Å². The Bertz CT molecular complexity index is 259. The van der Waals surface area contributed by atoms with Crippen LogP contribution in [-0.4, -0.2) is 18.8 Å². The number of alkyl halides is 3. The molecule has 0 N–H and O–H groups in total. The molecule has 2 nitrogen and oxygen atoms in total. The molecule has 1 fully saturated rings. The minimum Gasteiger partial charge on any atom is -0.465 e. The molecular formula is C9H11F3O2. The van der Waals surface area contributed by atoms with Gasteiger partial charge in [-0.1, -0.05) is 6.08 Å². The zero-order valence-corrected chi connectivity index (χ0v) is 7.73.